The molecule has 0 aromatic carbocycles. The van der Waals surface area contributed by atoms with E-state index in [4.69, 9.17) is 0 Å². The number of rotatable bonds is 3. The van der Waals surface area contributed by atoms with Gasteiger partial charge in [0, 0.05) is 31.7 Å². The third-order valence-electron chi connectivity index (χ3n) is 5.60. The van der Waals surface area contributed by atoms with Gasteiger partial charge in [-0.3, -0.25) is 9.80 Å². The van der Waals surface area contributed by atoms with Crippen LogP contribution in [0.15, 0.2) is 0 Å². The lowest BCUT2D eigenvalue weighted by atomic mass is 9.92. The molecule has 0 spiro atoms. The molecule has 4 atom stereocenters. The highest BCUT2D eigenvalue weighted by molar-refractivity contribution is 4.95. The molecule has 1 saturated carbocycles. The van der Waals surface area contributed by atoms with Crippen molar-refractivity contribution in [2.45, 2.75) is 58.5 Å². The minimum atomic E-state index is 0.807. The maximum Gasteiger partial charge on any atom is 0.0247 e. The maximum absolute atomic E-state index is 2.85. The third-order valence-corrected chi connectivity index (χ3v) is 5.60. The first kappa shape index (κ1) is 12.9. The van der Waals surface area contributed by atoms with Crippen LogP contribution in [-0.2, 0) is 0 Å². The predicted molar refractivity (Wildman–Crippen MR) is 76.7 cm³/mol. The number of hydrogen-bond donors (Lipinski definition) is 0. The topological polar surface area (TPSA) is 6.48 Å². The smallest absolute Gasteiger partial charge is 0.0247 e. The van der Waals surface area contributed by atoms with Gasteiger partial charge in [-0.2, -0.15) is 0 Å². The van der Waals surface area contributed by atoms with E-state index in [1.165, 1.54) is 51.9 Å². The van der Waals surface area contributed by atoms with Gasteiger partial charge in [0.05, 0.1) is 0 Å². The molecule has 2 nitrogen and oxygen atoms in total. The van der Waals surface area contributed by atoms with Crippen LogP contribution in [0.2, 0.25) is 0 Å². The van der Waals surface area contributed by atoms with Crippen molar-refractivity contribution in [1.29, 1.82) is 0 Å². The van der Waals surface area contributed by atoms with Gasteiger partial charge in [-0.05, 0) is 43.6 Å². The molecule has 0 radical (unpaired) electrons. The Kier molecular flexibility index (Phi) is 3.68. The minimum Gasteiger partial charge on any atom is -0.298 e. The quantitative estimate of drug-likeness (QED) is 0.760. The SMILES string of the molecule is CC(C)C1CN2CCCCC2CN1CC1CC1C. The fourth-order valence-corrected chi connectivity index (χ4v) is 4.07. The van der Waals surface area contributed by atoms with Crippen LogP contribution in [0.5, 0.6) is 0 Å². The Hall–Kier alpha value is -0.0800. The number of piperidine rings is 1. The van der Waals surface area contributed by atoms with Crippen molar-refractivity contribution in [3.05, 3.63) is 0 Å². The molecule has 104 valence electrons. The van der Waals surface area contributed by atoms with Gasteiger partial charge in [0.15, 0.2) is 0 Å². The van der Waals surface area contributed by atoms with Gasteiger partial charge in [0.2, 0.25) is 0 Å². The summed E-state index contributed by atoms with van der Waals surface area (Å²) in [5.74, 6) is 2.82. The molecule has 1 aliphatic carbocycles. The van der Waals surface area contributed by atoms with Gasteiger partial charge < -0.3 is 0 Å². The fraction of sp³-hybridized carbons (Fsp3) is 1.00. The van der Waals surface area contributed by atoms with E-state index >= 15 is 0 Å². The summed E-state index contributed by atoms with van der Waals surface area (Å²) in [6.45, 7) is 12.7. The Bertz CT molecular complexity index is 289. The first-order valence-corrected chi connectivity index (χ1v) is 8.13. The van der Waals surface area contributed by atoms with Gasteiger partial charge in [0.1, 0.15) is 0 Å². The molecule has 3 fully saturated rings. The zero-order valence-electron chi connectivity index (χ0n) is 12.4. The lowest BCUT2D eigenvalue weighted by molar-refractivity contribution is -0.0101. The standard InChI is InChI=1S/C16H30N2/c1-12(2)16-11-17-7-5-4-6-15(17)10-18(16)9-14-8-13(14)3/h12-16H,4-11H2,1-3H3. The zero-order valence-corrected chi connectivity index (χ0v) is 12.4. The molecule has 0 aromatic heterocycles. The molecule has 0 amide bonds. The Labute approximate surface area is 113 Å². The van der Waals surface area contributed by atoms with Gasteiger partial charge >= 0.3 is 0 Å². The van der Waals surface area contributed by atoms with E-state index in [1.54, 1.807) is 0 Å². The molecule has 2 heterocycles. The van der Waals surface area contributed by atoms with Crippen molar-refractivity contribution in [2.75, 3.05) is 26.2 Å². The molecule has 2 aliphatic heterocycles. The molecule has 18 heavy (non-hydrogen) atoms. The zero-order chi connectivity index (χ0) is 12.7. The Balaban J connectivity index is 1.65. The van der Waals surface area contributed by atoms with Crippen LogP contribution >= 0.6 is 0 Å². The summed E-state index contributed by atoms with van der Waals surface area (Å²) in [6.07, 6.45) is 5.82. The molecule has 4 unspecified atom stereocenters. The average molecular weight is 250 g/mol. The second-order valence-corrected chi connectivity index (χ2v) is 7.38. The summed E-state index contributed by atoms with van der Waals surface area (Å²) in [6, 6.07) is 1.69. The summed E-state index contributed by atoms with van der Waals surface area (Å²) in [5, 5.41) is 0. The van der Waals surface area contributed by atoms with Crippen molar-refractivity contribution >= 4 is 0 Å². The van der Waals surface area contributed by atoms with Gasteiger partial charge in [0.25, 0.3) is 0 Å². The maximum atomic E-state index is 2.85. The van der Waals surface area contributed by atoms with Crippen LogP contribution in [0.4, 0.5) is 0 Å². The van der Waals surface area contributed by atoms with Crippen LogP contribution in [-0.4, -0.2) is 48.1 Å². The Morgan fingerprint density at radius 2 is 1.94 bits per heavy atom. The summed E-state index contributed by atoms with van der Waals surface area (Å²) in [5.41, 5.74) is 0. The van der Waals surface area contributed by atoms with E-state index in [0.29, 0.717) is 0 Å². The predicted octanol–water partition coefficient (Wildman–Crippen LogP) is 2.84. The van der Waals surface area contributed by atoms with Crippen LogP contribution < -0.4 is 0 Å². The van der Waals surface area contributed by atoms with Crippen LogP contribution in [0, 0.1) is 17.8 Å². The molecule has 0 N–H and O–H groups in total. The molecular weight excluding hydrogens is 220 g/mol. The van der Waals surface area contributed by atoms with Gasteiger partial charge in [-0.25, -0.2) is 0 Å². The van der Waals surface area contributed by atoms with Crippen molar-refractivity contribution in [3.63, 3.8) is 0 Å². The van der Waals surface area contributed by atoms with E-state index < -0.39 is 0 Å². The van der Waals surface area contributed by atoms with Gasteiger partial charge in [-0.1, -0.05) is 27.2 Å². The highest BCUT2D eigenvalue weighted by Gasteiger charge is 2.40. The highest BCUT2D eigenvalue weighted by Crippen LogP contribution is 2.40. The van der Waals surface area contributed by atoms with Crippen molar-refractivity contribution in [2.24, 2.45) is 17.8 Å². The second-order valence-electron chi connectivity index (χ2n) is 7.38. The van der Waals surface area contributed by atoms with E-state index in [-0.39, 0.29) is 0 Å². The fourth-order valence-electron chi connectivity index (χ4n) is 4.07. The van der Waals surface area contributed by atoms with Crippen molar-refractivity contribution in [1.82, 2.24) is 9.80 Å². The van der Waals surface area contributed by atoms with Crippen LogP contribution in [0.3, 0.4) is 0 Å². The molecular formula is C16H30N2. The number of nitrogens with zero attached hydrogens (tertiary/aromatic N) is 2. The Morgan fingerprint density at radius 1 is 1.17 bits per heavy atom. The average Bonchev–Trinajstić information content (AvgIpc) is 3.04. The van der Waals surface area contributed by atoms with Crippen molar-refractivity contribution < 1.29 is 0 Å². The summed E-state index contributed by atoms with van der Waals surface area (Å²) in [4.78, 5) is 5.65. The number of fused-ring (bicyclic) bond motifs is 1. The number of hydrogen-bond acceptors (Lipinski definition) is 2. The first-order chi connectivity index (χ1) is 8.65. The largest absolute Gasteiger partial charge is 0.298 e. The lowest BCUT2D eigenvalue weighted by Crippen LogP contribution is -2.61. The second kappa shape index (κ2) is 5.13. The van der Waals surface area contributed by atoms with Crippen molar-refractivity contribution in [3.8, 4) is 0 Å². The molecule has 3 rings (SSSR count). The van der Waals surface area contributed by atoms with E-state index in [0.717, 1.165) is 29.8 Å². The summed E-state index contributed by atoms with van der Waals surface area (Å²) in [7, 11) is 0. The molecule has 3 aliphatic rings. The molecule has 2 heteroatoms. The normalized spacial score (nSPS) is 42.0. The summed E-state index contributed by atoms with van der Waals surface area (Å²) < 4.78 is 0. The summed E-state index contributed by atoms with van der Waals surface area (Å²) >= 11 is 0. The molecule has 0 aromatic rings. The lowest BCUT2D eigenvalue weighted by Gasteiger charge is -2.50. The Morgan fingerprint density at radius 3 is 2.61 bits per heavy atom. The molecule has 2 saturated heterocycles. The van der Waals surface area contributed by atoms with Crippen LogP contribution in [0.25, 0.3) is 0 Å². The molecule has 0 bridgehead atoms. The van der Waals surface area contributed by atoms with E-state index in [2.05, 4.69) is 30.6 Å². The van der Waals surface area contributed by atoms with E-state index in [1.807, 2.05) is 0 Å². The third kappa shape index (κ3) is 2.60. The number of piperazine rings is 1. The minimum absolute atomic E-state index is 0.807. The highest BCUT2D eigenvalue weighted by atomic mass is 15.3. The van der Waals surface area contributed by atoms with Crippen LogP contribution in [0.1, 0.15) is 46.5 Å². The van der Waals surface area contributed by atoms with Gasteiger partial charge in [-0.15, -0.1) is 0 Å². The van der Waals surface area contributed by atoms with E-state index in [9.17, 15) is 0 Å². The first-order valence-electron chi connectivity index (χ1n) is 8.13. The monoisotopic (exact) mass is 250 g/mol.